The molecular weight excluding hydrogens is 242 g/mol. The number of methoxy groups -OCH3 is 1. The molecule has 1 aromatic carbocycles. The number of ether oxygens (including phenoxy) is 3. The molecule has 0 amide bonds. The SMILES string of the molecule is COCCOCCOCc1c(N)cccc1Cl. The van der Waals surface area contributed by atoms with Gasteiger partial charge in [0.05, 0.1) is 33.0 Å². The Kier molecular flexibility index (Phi) is 6.96. The summed E-state index contributed by atoms with van der Waals surface area (Å²) in [6.45, 7) is 2.62. The first kappa shape index (κ1) is 14.3. The van der Waals surface area contributed by atoms with E-state index in [2.05, 4.69) is 0 Å². The Morgan fingerprint density at radius 3 is 2.53 bits per heavy atom. The number of anilines is 1. The molecule has 0 spiro atoms. The Morgan fingerprint density at radius 2 is 1.82 bits per heavy atom. The number of hydrogen-bond acceptors (Lipinski definition) is 4. The van der Waals surface area contributed by atoms with Crippen molar-refractivity contribution in [3.05, 3.63) is 28.8 Å². The zero-order chi connectivity index (χ0) is 12.5. The maximum Gasteiger partial charge on any atom is 0.0752 e. The van der Waals surface area contributed by atoms with Crippen LogP contribution in [0.15, 0.2) is 18.2 Å². The van der Waals surface area contributed by atoms with Gasteiger partial charge in [-0.1, -0.05) is 17.7 Å². The molecule has 0 aliphatic heterocycles. The number of benzene rings is 1. The highest BCUT2D eigenvalue weighted by Gasteiger charge is 2.03. The van der Waals surface area contributed by atoms with E-state index < -0.39 is 0 Å². The maximum atomic E-state index is 6.00. The fraction of sp³-hybridized carbons (Fsp3) is 0.500. The van der Waals surface area contributed by atoms with Crippen LogP contribution in [0.4, 0.5) is 5.69 Å². The zero-order valence-corrected chi connectivity index (χ0v) is 10.7. The van der Waals surface area contributed by atoms with Gasteiger partial charge in [0.15, 0.2) is 0 Å². The van der Waals surface area contributed by atoms with Crippen LogP contribution in [0.3, 0.4) is 0 Å². The predicted octanol–water partition coefficient (Wildman–Crippen LogP) is 2.10. The van der Waals surface area contributed by atoms with E-state index in [1.807, 2.05) is 6.07 Å². The number of nitrogens with two attached hydrogens (primary N) is 1. The van der Waals surface area contributed by atoms with E-state index in [-0.39, 0.29) is 0 Å². The molecule has 17 heavy (non-hydrogen) atoms. The Morgan fingerprint density at radius 1 is 1.12 bits per heavy atom. The summed E-state index contributed by atoms with van der Waals surface area (Å²) in [4.78, 5) is 0. The standard InChI is InChI=1S/C12H18ClNO3/c1-15-5-6-16-7-8-17-9-10-11(13)3-2-4-12(10)14/h2-4H,5-9,14H2,1H3. The Hall–Kier alpha value is -0.810. The monoisotopic (exact) mass is 259 g/mol. The van der Waals surface area contributed by atoms with Crippen molar-refractivity contribution in [3.8, 4) is 0 Å². The quantitative estimate of drug-likeness (QED) is 0.574. The third-order valence-electron chi connectivity index (χ3n) is 2.21. The smallest absolute Gasteiger partial charge is 0.0752 e. The predicted molar refractivity (Wildman–Crippen MR) is 68.2 cm³/mol. The first-order chi connectivity index (χ1) is 8.25. The van der Waals surface area contributed by atoms with E-state index >= 15 is 0 Å². The molecule has 0 aliphatic carbocycles. The lowest BCUT2D eigenvalue weighted by Crippen LogP contribution is -2.09. The van der Waals surface area contributed by atoms with Crippen molar-refractivity contribution in [1.29, 1.82) is 0 Å². The second kappa shape index (κ2) is 8.31. The first-order valence-corrected chi connectivity index (χ1v) is 5.80. The summed E-state index contributed by atoms with van der Waals surface area (Å²) in [6, 6.07) is 5.42. The minimum Gasteiger partial charge on any atom is -0.398 e. The molecule has 0 bridgehead atoms. The molecule has 0 atom stereocenters. The summed E-state index contributed by atoms with van der Waals surface area (Å²) in [5.74, 6) is 0. The van der Waals surface area contributed by atoms with Crippen molar-refractivity contribution >= 4 is 17.3 Å². The van der Waals surface area contributed by atoms with Gasteiger partial charge < -0.3 is 19.9 Å². The second-order valence-electron chi connectivity index (χ2n) is 3.47. The van der Waals surface area contributed by atoms with E-state index in [0.29, 0.717) is 43.7 Å². The molecular formula is C12H18ClNO3. The summed E-state index contributed by atoms with van der Waals surface area (Å²) < 4.78 is 15.5. The highest BCUT2D eigenvalue weighted by atomic mass is 35.5. The summed E-state index contributed by atoms with van der Waals surface area (Å²) in [5.41, 5.74) is 7.27. The third kappa shape index (κ3) is 5.37. The van der Waals surface area contributed by atoms with Crippen molar-refractivity contribution in [2.24, 2.45) is 0 Å². The van der Waals surface area contributed by atoms with E-state index in [1.54, 1.807) is 19.2 Å². The van der Waals surface area contributed by atoms with Crippen LogP contribution in [0, 0.1) is 0 Å². The number of hydrogen-bond donors (Lipinski definition) is 1. The molecule has 0 heterocycles. The Balaban J connectivity index is 2.18. The van der Waals surface area contributed by atoms with Gasteiger partial charge in [-0.2, -0.15) is 0 Å². The number of nitrogen functional groups attached to an aromatic ring is 1. The molecule has 5 heteroatoms. The first-order valence-electron chi connectivity index (χ1n) is 5.43. The summed E-state index contributed by atoms with van der Waals surface area (Å²) in [7, 11) is 1.64. The van der Waals surface area contributed by atoms with E-state index in [1.165, 1.54) is 0 Å². The van der Waals surface area contributed by atoms with Crippen molar-refractivity contribution in [2.75, 3.05) is 39.3 Å². The van der Waals surface area contributed by atoms with Gasteiger partial charge in [0.1, 0.15) is 0 Å². The van der Waals surface area contributed by atoms with Crippen molar-refractivity contribution in [3.63, 3.8) is 0 Å². The lowest BCUT2D eigenvalue weighted by atomic mass is 10.2. The summed E-state index contributed by atoms with van der Waals surface area (Å²) in [5, 5.41) is 0.630. The average molecular weight is 260 g/mol. The van der Waals surface area contributed by atoms with Crippen molar-refractivity contribution in [2.45, 2.75) is 6.61 Å². The fourth-order valence-electron chi connectivity index (χ4n) is 1.26. The largest absolute Gasteiger partial charge is 0.398 e. The fourth-order valence-corrected chi connectivity index (χ4v) is 1.50. The van der Waals surface area contributed by atoms with E-state index in [0.717, 1.165) is 5.56 Å². The van der Waals surface area contributed by atoms with E-state index in [4.69, 9.17) is 31.5 Å². The molecule has 96 valence electrons. The molecule has 0 saturated heterocycles. The van der Waals surface area contributed by atoms with Crippen molar-refractivity contribution < 1.29 is 14.2 Å². The van der Waals surface area contributed by atoms with Gasteiger partial charge in [0.25, 0.3) is 0 Å². The lowest BCUT2D eigenvalue weighted by Gasteiger charge is -2.09. The van der Waals surface area contributed by atoms with Crippen LogP contribution in [0.25, 0.3) is 0 Å². The van der Waals surface area contributed by atoms with Crippen LogP contribution in [0.1, 0.15) is 5.56 Å². The summed E-state index contributed by atoms with van der Waals surface area (Å²) in [6.07, 6.45) is 0. The molecule has 1 aromatic rings. The highest BCUT2D eigenvalue weighted by molar-refractivity contribution is 6.31. The van der Waals surface area contributed by atoms with Crippen LogP contribution < -0.4 is 5.73 Å². The van der Waals surface area contributed by atoms with Crippen LogP contribution >= 0.6 is 11.6 Å². The molecule has 0 aliphatic rings. The topological polar surface area (TPSA) is 53.7 Å². The zero-order valence-electron chi connectivity index (χ0n) is 9.95. The molecule has 0 aromatic heterocycles. The third-order valence-corrected chi connectivity index (χ3v) is 2.56. The average Bonchev–Trinajstić information content (AvgIpc) is 2.31. The van der Waals surface area contributed by atoms with Gasteiger partial charge in [-0.3, -0.25) is 0 Å². The summed E-state index contributed by atoms with van der Waals surface area (Å²) >= 11 is 6.00. The molecule has 4 nitrogen and oxygen atoms in total. The Labute approximate surface area is 107 Å². The highest BCUT2D eigenvalue weighted by Crippen LogP contribution is 2.22. The molecule has 0 unspecified atom stereocenters. The Bertz CT molecular complexity index is 313. The van der Waals surface area contributed by atoms with Gasteiger partial charge in [0, 0.05) is 23.4 Å². The van der Waals surface area contributed by atoms with Gasteiger partial charge in [-0.25, -0.2) is 0 Å². The molecule has 0 saturated carbocycles. The van der Waals surface area contributed by atoms with Gasteiger partial charge in [0.2, 0.25) is 0 Å². The number of halogens is 1. The normalized spacial score (nSPS) is 10.7. The molecule has 0 radical (unpaired) electrons. The van der Waals surface area contributed by atoms with Crippen molar-refractivity contribution in [1.82, 2.24) is 0 Å². The van der Waals surface area contributed by atoms with Gasteiger partial charge in [-0.05, 0) is 12.1 Å². The van der Waals surface area contributed by atoms with Crippen LogP contribution in [-0.4, -0.2) is 33.5 Å². The second-order valence-corrected chi connectivity index (χ2v) is 3.87. The van der Waals surface area contributed by atoms with Gasteiger partial charge >= 0.3 is 0 Å². The van der Waals surface area contributed by atoms with Gasteiger partial charge in [-0.15, -0.1) is 0 Å². The van der Waals surface area contributed by atoms with Crippen LogP contribution in [0.5, 0.6) is 0 Å². The minimum absolute atomic E-state index is 0.402. The minimum atomic E-state index is 0.402. The lowest BCUT2D eigenvalue weighted by molar-refractivity contribution is 0.0201. The van der Waals surface area contributed by atoms with E-state index in [9.17, 15) is 0 Å². The maximum absolute atomic E-state index is 6.00. The number of rotatable bonds is 8. The van der Waals surface area contributed by atoms with Crippen LogP contribution in [0.2, 0.25) is 5.02 Å². The molecule has 2 N–H and O–H groups in total. The molecule has 0 fully saturated rings. The molecule has 1 rings (SSSR count). The van der Waals surface area contributed by atoms with Crippen LogP contribution in [-0.2, 0) is 20.8 Å².